The smallest absolute Gasteiger partial charge is 0.309 e. The van der Waals surface area contributed by atoms with Crippen LogP contribution in [-0.2, 0) is 17.9 Å². The van der Waals surface area contributed by atoms with E-state index in [0.29, 0.717) is 19.7 Å². The van der Waals surface area contributed by atoms with Gasteiger partial charge < -0.3 is 9.84 Å². The minimum atomic E-state index is -0.699. The number of carbonyl (C=O) groups is 1. The predicted octanol–water partition coefficient (Wildman–Crippen LogP) is 4.36. The van der Waals surface area contributed by atoms with E-state index in [1.807, 2.05) is 25.1 Å². The zero-order valence-corrected chi connectivity index (χ0v) is 16.1. The molecule has 0 unspecified atom stereocenters. The van der Waals surface area contributed by atoms with E-state index in [4.69, 9.17) is 21.4 Å². The van der Waals surface area contributed by atoms with Crippen molar-refractivity contribution >= 4 is 17.6 Å². The molecule has 1 heterocycles. The number of nitrogens with zero attached hydrogens (tertiary/aromatic N) is 1. The number of aryl methyl sites for hydroxylation is 3. The molecule has 5 heteroatoms. The van der Waals surface area contributed by atoms with Gasteiger partial charge in [-0.05, 0) is 54.7 Å². The Balaban J connectivity index is 1.63. The van der Waals surface area contributed by atoms with Crippen molar-refractivity contribution in [2.24, 2.45) is 5.92 Å². The van der Waals surface area contributed by atoms with Crippen LogP contribution in [-0.4, -0.2) is 29.1 Å². The largest absolute Gasteiger partial charge is 0.488 e. The molecule has 0 atom stereocenters. The van der Waals surface area contributed by atoms with Crippen LogP contribution in [0.2, 0.25) is 5.02 Å². The lowest BCUT2D eigenvalue weighted by atomic mass is 9.98. The number of hydrogen-bond donors (Lipinski definition) is 1. The summed E-state index contributed by atoms with van der Waals surface area (Å²) in [5.74, 6) is -0.00852. The summed E-state index contributed by atoms with van der Waals surface area (Å²) in [6.45, 7) is 8.63. The quantitative estimate of drug-likeness (QED) is 0.817. The number of halogens is 1. The number of aliphatic carboxylic acids is 1. The fourth-order valence-corrected chi connectivity index (χ4v) is 3.54. The van der Waals surface area contributed by atoms with Crippen molar-refractivity contribution in [3.63, 3.8) is 0 Å². The van der Waals surface area contributed by atoms with E-state index in [9.17, 15) is 4.79 Å². The zero-order valence-electron chi connectivity index (χ0n) is 15.4. The Hall–Kier alpha value is -2.04. The second-order valence-electron chi connectivity index (χ2n) is 7.16. The normalized spacial score (nSPS) is 14.9. The van der Waals surface area contributed by atoms with Gasteiger partial charge >= 0.3 is 5.97 Å². The van der Waals surface area contributed by atoms with Gasteiger partial charge in [0.15, 0.2) is 0 Å². The number of carboxylic acids is 1. The molecular formula is C21H24ClNO3. The third-order valence-corrected chi connectivity index (χ3v) is 5.26. The first-order valence-corrected chi connectivity index (χ1v) is 9.14. The molecule has 0 amide bonds. The second kappa shape index (κ2) is 7.68. The maximum absolute atomic E-state index is 10.9. The van der Waals surface area contributed by atoms with Crippen LogP contribution in [0.1, 0.15) is 27.8 Å². The van der Waals surface area contributed by atoms with Crippen LogP contribution in [0, 0.1) is 26.7 Å². The molecule has 138 valence electrons. The van der Waals surface area contributed by atoms with Crippen LogP contribution in [0.15, 0.2) is 30.3 Å². The first kappa shape index (κ1) is 18.7. The van der Waals surface area contributed by atoms with Gasteiger partial charge in [0.1, 0.15) is 12.4 Å². The molecule has 4 nitrogen and oxygen atoms in total. The van der Waals surface area contributed by atoms with Gasteiger partial charge in [0.05, 0.1) is 5.92 Å². The lowest BCUT2D eigenvalue weighted by molar-refractivity contribution is -0.147. The van der Waals surface area contributed by atoms with Gasteiger partial charge in [-0.1, -0.05) is 35.9 Å². The average molecular weight is 374 g/mol. The van der Waals surface area contributed by atoms with Gasteiger partial charge in [0.25, 0.3) is 0 Å². The summed E-state index contributed by atoms with van der Waals surface area (Å²) in [6, 6.07) is 10.2. The Kier molecular flexibility index (Phi) is 5.54. The molecule has 0 aromatic heterocycles. The number of benzene rings is 2. The van der Waals surface area contributed by atoms with Crippen molar-refractivity contribution in [2.45, 2.75) is 33.9 Å². The fourth-order valence-electron chi connectivity index (χ4n) is 3.42. The van der Waals surface area contributed by atoms with Crippen molar-refractivity contribution in [1.29, 1.82) is 0 Å². The molecule has 2 aromatic rings. The molecule has 2 aromatic carbocycles. The summed E-state index contributed by atoms with van der Waals surface area (Å²) < 4.78 is 6.06. The Bertz CT molecular complexity index is 805. The van der Waals surface area contributed by atoms with Crippen molar-refractivity contribution < 1.29 is 14.6 Å². The maximum Gasteiger partial charge on any atom is 0.309 e. The minimum absolute atomic E-state index is 0.220. The predicted molar refractivity (Wildman–Crippen MR) is 103 cm³/mol. The van der Waals surface area contributed by atoms with Crippen molar-refractivity contribution in [2.75, 3.05) is 13.1 Å². The molecule has 1 aliphatic rings. The summed E-state index contributed by atoms with van der Waals surface area (Å²) in [5, 5.41) is 9.74. The van der Waals surface area contributed by atoms with Crippen LogP contribution in [0.3, 0.4) is 0 Å². The highest BCUT2D eigenvalue weighted by molar-refractivity contribution is 6.31. The van der Waals surface area contributed by atoms with E-state index in [1.165, 1.54) is 5.56 Å². The molecule has 26 heavy (non-hydrogen) atoms. The molecule has 0 bridgehead atoms. The third kappa shape index (κ3) is 4.19. The lowest BCUT2D eigenvalue weighted by Gasteiger charge is -2.36. The summed E-state index contributed by atoms with van der Waals surface area (Å²) in [5.41, 5.74) is 5.53. The summed E-state index contributed by atoms with van der Waals surface area (Å²) in [6.07, 6.45) is 0. The van der Waals surface area contributed by atoms with Crippen LogP contribution < -0.4 is 4.74 Å². The molecule has 3 rings (SSSR count). The fraction of sp³-hybridized carbons (Fsp3) is 0.381. The Morgan fingerprint density at radius 3 is 2.31 bits per heavy atom. The SMILES string of the molecule is Cc1cc(COc2c(C)cc(CN3CC(C(=O)O)C3)cc2C)ccc1Cl. The van der Waals surface area contributed by atoms with Gasteiger partial charge in [-0.15, -0.1) is 0 Å². The first-order valence-electron chi connectivity index (χ1n) is 8.76. The summed E-state index contributed by atoms with van der Waals surface area (Å²) >= 11 is 6.07. The molecular weight excluding hydrogens is 350 g/mol. The molecule has 0 saturated carbocycles. The zero-order chi connectivity index (χ0) is 18.8. The second-order valence-corrected chi connectivity index (χ2v) is 7.57. The number of hydrogen-bond acceptors (Lipinski definition) is 3. The summed E-state index contributed by atoms with van der Waals surface area (Å²) in [7, 11) is 0. The highest BCUT2D eigenvalue weighted by Crippen LogP contribution is 2.28. The standard InChI is InChI=1S/C21H24ClNO3/c1-13-6-16(4-5-19(13)22)12-26-20-14(2)7-17(8-15(20)3)9-23-10-18(11-23)21(24)25/h4-8,18H,9-12H2,1-3H3,(H,24,25). The molecule has 1 aliphatic heterocycles. The van der Waals surface area contributed by atoms with Gasteiger partial charge in [0.2, 0.25) is 0 Å². The maximum atomic E-state index is 10.9. The highest BCUT2D eigenvalue weighted by Gasteiger charge is 2.32. The van der Waals surface area contributed by atoms with Crippen LogP contribution in [0.5, 0.6) is 5.75 Å². The van der Waals surface area contributed by atoms with Crippen molar-refractivity contribution in [3.05, 3.63) is 63.2 Å². The van der Waals surface area contributed by atoms with Gasteiger partial charge in [-0.3, -0.25) is 9.69 Å². The average Bonchev–Trinajstić information content (AvgIpc) is 2.52. The number of likely N-dealkylation sites (tertiary alicyclic amines) is 1. The van der Waals surface area contributed by atoms with E-state index in [0.717, 1.165) is 39.6 Å². The van der Waals surface area contributed by atoms with E-state index >= 15 is 0 Å². The van der Waals surface area contributed by atoms with Crippen molar-refractivity contribution in [1.82, 2.24) is 4.90 Å². The Labute approximate surface area is 159 Å². The molecule has 0 radical (unpaired) electrons. The molecule has 0 aliphatic carbocycles. The van der Waals surface area contributed by atoms with Crippen LogP contribution in [0.25, 0.3) is 0 Å². The third-order valence-electron chi connectivity index (χ3n) is 4.84. The van der Waals surface area contributed by atoms with Gasteiger partial charge in [0, 0.05) is 24.7 Å². The number of carboxylic acid groups (broad SMARTS) is 1. The van der Waals surface area contributed by atoms with E-state index in [2.05, 4.69) is 30.9 Å². The monoisotopic (exact) mass is 373 g/mol. The minimum Gasteiger partial charge on any atom is -0.488 e. The van der Waals surface area contributed by atoms with Crippen LogP contribution >= 0.6 is 11.6 Å². The van der Waals surface area contributed by atoms with E-state index < -0.39 is 5.97 Å². The Morgan fingerprint density at radius 1 is 1.12 bits per heavy atom. The van der Waals surface area contributed by atoms with Crippen LogP contribution in [0.4, 0.5) is 0 Å². The molecule has 1 saturated heterocycles. The lowest BCUT2D eigenvalue weighted by Crippen LogP contribution is -2.49. The van der Waals surface area contributed by atoms with E-state index in [-0.39, 0.29) is 5.92 Å². The molecule has 0 spiro atoms. The topological polar surface area (TPSA) is 49.8 Å². The Morgan fingerprint density at radius 2 is 1.73 bits per heavy atom. The highest BCUT2D eigenvalue weighted by atomic mass is 35.5. The van der Waals surface area contributed by atoms with Gasteiger partial charge in [-0.2, -0.15) is 0 Å². The summed E-state index contributed by atoms with van der Waals surface area (Å²) in [4.78, 5) is 13.1. The molecule has 1 N–H and O–H groups in total. The van der Waals surface area contributed by atoms with Gasteiger partial charge in [-0.25, -0.2) is 0 Å². The first-order chi connectivity index (χ1) is 12.3. The number of rotatable bonds is 6. The molecule has 1 fully saturated rings. The number of ether oxygens (including phenoxy) is 1. The van der Waals surface area contributed by atoms with E-state index in [1.54, 1.807) is 0 Å². The van der Waals surface area contributed by atoms with Crippen molar-refractivity contribution in [3.8, 4) is 5.75 Å².